The van der Waals surface area contributed by atoms with Gasteiger partial charge in [0.25, 0.3) is 30.3 Å². The zero-order valence-corrected chi connectivity index (χ0v) is 17.5. The van der Waals surface area contributed by atoms with Crippen molar-refractivity contribution in [3.63, 3.8) is 0 Å². The molecule has 0 aliphatic carbocycles. The number of carbonyl (C=O) groups is 5. The van der Waals surface area contributed by atoms with Gasteiger partial charge in [-0.25, -0.2) is 0 Å². The summed E-state index contributed by atoms with van der Waals surface area (Å²) in [7, 11) is -6.69. The predicted molar refractivity (Wildman–Crippen MR) is 90.7 cm³/mol. The minimum atomic E-state index is -3.53. The molecule has 0 unspecified atom stereocenters. The summed E-state index contributed by atoms with van der Waals surface area (Å²) < 4.78 is 25.4. The number of rotatable bonds is 11. The van der Waals surface area contributed by atoms with Gasteiger partial charge in [0.2, 0.25) is 0 Å². The van der Waals surface area contributed by atoms with Crippen molar-refractivity contribution in [3.05, 3.63) is 0 Å². The molecule has 0 bridgehead atoms. The maximum Gasteiger partial charge on any atom is 0.503 e. The van der Waals surface area contributed by atoms with Crippen molar-refractivity contribution in [2.75, 3.05) is 6.23 Å². The van der Waals surface area contributed by atoms with Gasteiger partial charge in [-0.05, 0) is 6.42 Å². The summed E-state index contributed by atoms with van der Waals surface area (Å²) in [5.74, 6) is -2.55. The fourth-order valence-corrected chi connectivity index (χ4v) is 7.58. The van der Waals surface area contributed by atoms with Crippen LogP contribution in [0.2, 0.25) is 18.6 Å². The van der Waals surface area contributed by atoms with Crippen molar-refractivity contribution in [3.8, 4) is 0 Å². The summed E-state index contributed by atoms with van der Waals surface area (Å²) in [6.07, 6.45) is -0.118. The Hall–Kier alpha value is -2.22. The van der Waals surface area contributed by atoms with E-state index in [1.54, 1.807) is 6.55 Å². The first-order chi connectivity index (χ1) is 11.9. The van der Waals surface area contributed by atoms with Crippen LogP contribution in [0, 0.1) is 0 Å². The van der Waals surface area contributed by atoms with Crippen LogP contribution in [0.5, 0.6) is 0 Å². The van der Waals surface area contributed by atoms with E-state index in [1.165, 1.54) is 13.8 Å². The highest BCUT2D eigenvalue weighted by atomic mass is 28.4. The van der Waals surface area contributed by atoms with E-state index in [-0.39, 0.29) is 31.2 Å². The molecule has 0 radical (unpaired) electrons. The first-order valence-corrected chi connectivity index (χ1v) is 12.5. The van der Waals surface area contributed by atoms with Crippen LogP contribution in [0.4, 0.5) is 0 Å². The fraction of sp³-hybridized carbons (Fsp3) is 0.643. The van der Waals surface area contributed by atoms with Crippen molar-refractivity contribution < 1.29 is 46.4 Å². The molecule has 0 rings (SSSR count). The molecule has 12 heteroatoms. The van der Waals surface area contributed by atoms with Gasteiger partial charge >= 0.3 is 17.1 Å². The quantitative estimate of drug-likeness (QED) is 0.358. The molecule has 26 heavy (non-hydrogen) atoms. The number of hydrogen-bond donors (Lipinski definition) is 0. The molecule has 0 saturated heterocycles. The lowest BCUT2D eigenvalue weighted by Gasteiger charge is -2.29. The van der Waals surface area contributed by atoms with E-state index in [4.69, 9.17) is 17.7 Å². The maximum atomic E-state index is 11.4. The second-order valence-electron chi connectivity index (χ2n) is 5.68. The van der Waals surface area contributed by atoms with Gasteiger partial charge in [-0.3, -0.25) is 24.0 Å². The van der Waals surface area contributed by atoms with E-state index in [0.29, 0.717) is 0 Å². The molecule has 148 valence electrons. The van der Waals surface area contributed by atoms with Gasteiger partial charge < -0.3 is 22.4 Å². The Labute approximate surface area is 153 Å². The first kappa shape index (κ1) is 23.8. The second-order valence-corrected chi connectivity index (χ2v) is 11.9. The van der Waals surface area contributed by atoms with Crippen LogP contribution in [0.3, 0.4) is 0 Å². The van der Waals surface area contributed by atoms with Crippen LogP contribution in [0.1, 0.15) is 34.1 Å². The minimum absolute atomic E-state index is 0.0745. The molecule has 0 spiro atoms. The SMILES string of the molecule is CC(=O)O[Si](C)(CCC[Si](COC=O)(OC(C)=O)OC(C)=O)OC(C)=O. The molecule has 0 aromatic carbocycles. The lowest BCUT2D eigenvalue weighted by atomic mass is 10.6. The zero-order chi connectivity index (χ0) is 20.4. The van der Waals surface area contributed by atoms with E-state index in [2.05, 4.69) is 4.74 Å². The molecule has 0 saturated carbocycles. The Morgan fingerprint density at radius 2 is 1.19 bits per heavy atom. The highest BCUT2D eigenvalue weighted by Crippen LogP contribution is 2.24. The van der Waals surface area contributed by atoms with Gasteiger partial charge in [0.05, 0.1) is 0 Å². The van der Waals surface area contributed by atoms with Crippen molar-refractivity contribution in [1.29, 1.82) is 0 Å². The molecule has 0 fully saturated rings. The normalized spacial score (nSPS) is 11.1. The third-order valence-electron chi connectivity index (χ3n) is 2.94. The highest BCUT2D eigenvalue weighted by molar-refractivity contribution is 6.71. The van der Waals surface area contributed by atoms with Crippen LogP contribution >= 0.6 is 0 Å². The van der Waals surface area contributed by atoms with E-state index in [9.17, 15) is 24.0 Å². The zero-order valence-electron chi connectivity index (χ0n) is 15.5. The van der Waals surface area contributed by atoms with E-state index < -0.39 is 41.0 Å². The van der Waals surface area contributed by atoms with Crippen LogP contribution in [0.15, 0.2) is 0 Å². The molecular formula is C14H24O10Si2. The molecule has 0 atom stereocenters. The number of hydrogen-bond acceptors (Lipinski definition) is 10. The van der Waals surface area contributed by atoms with E-state index >= 15 is 0 Å². The standard InChI is InChI=1S/C14H24O10Si2/c1-11(16)21-25(5,22-12(2)17)7-6-8-26(10-20-9-15,23-13(3)18)24-14(4)19/h9H,6-8,10H2,1-5H3. The van der Waals surface area contributed by atoms with Gasteiger partial charge in [0.1, 0.15) is 0 Å². The molecule has 0 heterocycles. The summed E-state index contributed by atoms with van der Waals surface area (Å²) >= 11 is 0. The molecule has 0 aliphatic rings. The Balaban J connectivity index is 5.25. The molecule has 0 amide bonds. The summed E-state index contributed by atoms with van der Waals surface area (Å²) in [5.41, 5.74) is 0. The molecule has 0 aromatic rings. The lowest BCUT2D eigenvalue weighted by Crippen LogP contribution is -2.50. The van der Waals surface area contributed by atoms with Gasteiger partial charge in [0, 0.05) is 46.3 Å². The summed E-state index contributed by atoms with van der Waals surface area (Å²) in [6.45, 7) is 6.38. The Morgan fingerprint density at radius 1 is 0.769 bits per heavy atom. The molecule has 10 nitrogen and oxygen atoms in total. The maximum absolute atomic E-state index is 11.4. The van der Waals surface area contributed by atoms with Crippen molar-refractivity contribution >= 4 is 47.5 Å². The topological polar surface area (TPSA) is 132 Å². The summed E-state index contributed by atoms with van der Waals surface area (Å²) in [5, 5.41) is 0. The monoisotopic (exact) mass is 408 g/mol. The average Bonchev–Trinajstić information content (AvgIpc) is 2.41. The Kier molecular flexibility index (Phi) is 9.79. The predicted octanol–water partition coefficient (Wildman–Crippen LogP) is 0.855. The van der Waals surface area contributed by atoms with E-state index in [0.717, 1.165) is 13.8 Å². The number of ether oxygens (including phenoxy) is 1. The van der Waals surface area contributed by atoms with Gasteiger partial charge in [-0.2, -0.15) is 0 Å². The largest absolute Gasteiger partial charge is 0.503 e. The third kappa shape index (κ3) is 9.93. The molecular weight excluding hydrogens is 384 g/mol. The molecule has 0 aliphatic heterocycles. The van der Waals surface area contributed by atoms with Crippen molar-refractivity contribution in [2.45, 2.75) is 52.8 Å². The number of carbonyl (C=O) groups excluding carboxylic acids is 5. The van der Waals surface area contributed by atoms with Crippen LogP contribution in [-0.2, 0) is 46.4 Å². The second kappa shape index (κ2) is 10.7. The summed E-state index contributed by atoms with van der Waals surface area (Å²) in [4.78, 5) is 55.8. The van der Waals surface area contributed by atoms with Gasteiger partial charge in [0.15, 0.2) is 6.23 Å². The lowest BCUT2D eigenvalue weighted by molar-refractivity contribution is -0.142. The van der Waals surface area contributed by atoms with Gasteiger partial charge in [-0.15, -0.1) is 0 Å². The van der Waals surface area contributed by atoms with Gasteiger partial charge in [-0.1, -0.05) is 0 Å². The average molecular weight is 409 g/mol. The third-order valence-corrected chi connectivity index (χ3v) is 8.68. The van der Waals surface area contributed by atoms with Crippen LogP contribution < -0.4 is 0 Å². The molecule has 0 N–H and O–H groups in total. The van der Waals surface area contributed by atoms with Crippen molar-refractivity contribution in [2.24, 2.45) is 0 Å². The highest BCUT2D eigenvalue weighted by Gasteiger charge is 2.47. The summed E-state index contributed by atoms with van der Waals surface area (Å²) in [6, 6.07) is 0.260. The Bertz CT molecular complexity index is 516. The first-order valence-electron chi connectivity index (χ1n) is 7.77. The van der Waals surface area contributed by atoms with E-state index in [1.807, 2.05) is 0 Å². The smallest absolute Gasteiger partial charge is 0.485 e. The Morgan fingerprint density at radius 3 is 1.54 bits per heavy atom. The van der Waals surface area contributed by atoms with Crippen molar-refractivity contribution in [1.82, 2.24) is 0 Å². The minimum Gasteiger partial charge on any atom is -0.485 e. The molecule has 0 aromatic heterocycles. The van der Waals surface area contributed by atoms with Crippen LogP contribution in [-0.4, -0.2) is 53.7 Å². The fourth-order valence-electron chi connectivity index (χ4n) is 2.35. The van der Waals surface area contributed by atoms with Crippen LogP contribution in [0.25, 0.3) is 0 Å².